The van der Waals surface area contributed by atoms with E-state index in [4.69, 9.17) is 32.7 Å². The third kappa shape index (κ3) is 8.34. The summed E-state index contributed by atoms with van der Waals surface area (Å²) in [5, 5.41) is 3.55. The standard InChI is InChI=1S/C31H37Cl2N3O6S/c1-7-26(30(38)34-31(2,3)4)35(19-23-24(32)14-11-15-25(23)33)29(37)20-36(43(39,40)22-12-9-8-10-13-22)21-16-17-27(41-5)28(18-21)42-6/h8-18,26H,7,19-20H2,1-6H3,(H,34,38). The number of ether oxygens (including phenoxy) is 2. The molecule has 2 amide bonds. The zero-order valence-electron chi connectivity index (χ0n) is 25.1. The van der Waals surface area contributed by atoms with Crippen molar-refractivity contribution in [3.8, 4) is 11.5 Å². The lowest BCUT2D eigenvalue weighted by Crippen LogP contribution is -2.55. The fraction of sp³-hybridized carbons (Fsp3) is 0.355. The number of carbonyl (C=O) groups excluding carboxylic acids is 2. The summed E-state index contributed by atoms with van der Waals surface area (Å²) in [7, 11) is -1.37. The van der Waals surface area contributed by atoms with Gasteiger partial charge in [-0.05, 0) is 63.6 Å². The number of carbonyl (C=O) groups is 2. The topological polar surface area (TPSA) is 105 Å². The summed E-state index contributed by atoms with van der Waals surface area (Å²) >= 11 is 12.9. The van der Waals surface area contributed by atoms with Crippen molar-refractivity contribution in [2.24, 2.45) is 0 Å². The van der Waals surface area contributed by atoms with Gasteiger partial charge in [-0.25, -0.2) is 8.42 Å². The first kappa shape index (κ1) is 34.0. The van der Waals surface area contributed by atoms with Crippen LogP contribution in [0.15, 0.2) is 71.6 Å². The minimum Gasteiger partial charge on any atom is -0.493 e. The maximum absolute atomic E-state index is 14.3. The Morgan fingerprint density at radius 1 is 0.907 bits per heavy atom. The summed E-state index contributed by atoms with van der Waals surface area (Å²) in [4.78, 5) is 29.1. The summed E-state index contributed by atoms with van der Waals surface area (Å²) in [6.45, 7) is 6.51. The number of benzene rings is 3. The van der Waals surface area contributed by atoms with Gasteiger partial charge in [0.05, 0.1) is 24.8 Å². The fourth-order valence-electron chi connectivity index (χ4n) is 4.45. The lowest BCUT2D eigenvalue weighted by molar-refractivity contribution is -0.141. The second-order valence-corrected chi connectivity index (χ2v) is 13.4. The summed E-state index contributed by atoms with van der Waals surface area (Å²) in [6, 6.07) is 16.3. The van der Waals surface area contributed by atoms with Crippen LogP contribution in [-0.2, 0) is 26.2 Å². The van der Waals surface area contributed by atoms with Crippen LogP contribution >= 0.6 is 23.2 Å². The zero-order chi connectivity index (χ0) is 31.9. The number of methoxy groups -OCH3 is 2. The van der Waals surface area contributed by atoms with Crippen LogP contribution in [-0.4, -0.2) is 57.5 Å². The quantitative estimate of drug-likeness (QED) is 0.261. The maximum Gasteiger partial charge on any atom is 0.264 e. The molecule has 43 heavy (non-hydrogen) atoms. The molecule has 0 aromatic heterocycles. The molecule has 1 atom stereocenters. The van der Waals surface area contributed by atoms with E-state index in [0.717, 1.165) is 4.31 Å². The first-order valence-corrected chi connectivity index (χ1v) is 15.8. The van der Waals surface area contributed by atoms with Crippen molar-refractivity contribution in [3.05, 3.63) is 82.3 Å². The molecule has 3 rings (SSSR count). The van der Waals surface area contributed by atoms with Gasteiger partial charge in [0.25, 0.3) is 10.0 Å². The Kier molecular flexibility index (Phi) is 11.3. The predicted octanol–water partition coefficient (Wildman–Crippen LogP) is 5.93. The normalized spacial score (nSPS) is 12.3. The molecule has 9 nitrogen and oxygen atoms in total. The fourth-order valence-corrected chi connectivity index (χ4v) is 6.40. The van der Waals surface area contributed by atoms with Gasteiger partial charge < -0.3 is 19.7 Å². The average molecular weight is 651 g/mol. The molecule has 1 N–H and O–H groups in total. The predicted molar refractivity (Wildman–Crippen MR) is 170 cm³/mol. The Morgan fingerprint density at radius 3 is 2.05 bits per heavy atom. The summed E-state index contributed by atoms with van der Waals surface area (Å²) in [5.74, 6) is -0.373. The molecule has 3 aromatic carbocycles. The Labute approximate surface area is 263 Å². The van der Waals surface area contributed by atoms with E-state index in [0.29, 0.717) is 21.4 Å². The molecular weight excluding hydrogens is 613 g/mol. The zero-order valence-corrected chi connectivity index (χ0v) is 27.4. The van der Waals surface area contributed by atoms with Crippen LogP contribution in [0.2, 0.25) is 10.0 Å². The summed E-state index contributed by atoms with van der Waals surface area (Å²) in [6.07, 6.45) is 0.248. The molecular formula is C31H37Cl2N3O6S. The van der Waals surface area contributed by atoms with E-state index in [1.165, 1.54) is 43.4 Å². The molecule has 12 heteroatoms. The van der Waals surface area contributed by atoms with Gasteiger partial charge in [0.1, 0.15) is 12.6 Å². The Bertz CT molecular complexity index is 1520. The Hall–Kier alpha value is -3.47. The number of hydrogen-bond donors (Lipinski definition) is 1. The number of amides is 2. The number of sulfonamides is 1. The number of nitrogens with one attached hydrogen (secondary N) is 1. The van der Waals surface area contributed by atoms with Crippen molar-refractivity contribution in [1.82, 2.24) is 10.2 Å². The minimum atomic E-state index is -4.26. The molecule has 0 spiro atoms. The van der Waals surface area contributed by atoms with Crippen LogP contribution in [0.4, 0.5) is 5.69 Å². The Morgan fingerprint density at radius 2 is 1.51 bits per heavy atom. The first-order valence-electron chi connectivity index (χ1n) is 13.6. The molecule has 0 aliphatic carbocycles. The summed E-state index contributed by atoms with van der Waals surface area (Å²) < 4.78 is 39.8. The third-order valence-electron chi connectivity index (χ3n) is 6.54. The second kappa shape index (κ2) is 14.3. The largest absolute Gasteiger partial charge is 0.493 e. The van der Waals surface area contributed by atoms with Crippen molar-refractivity contribution in [2.75, 3.05) is 25.1 Å². The molecule has 3 aromatic rings. The lowest BCUT2D eigenvalue weighted by atomic mass is 10.1. The molecule has 0 bridgehead atoms. The van der Waals surface area contributed by atoms with Gasteiger partial charge in [0.15, 0.2) is 11.5 Å². The number of nitrogens with zero attached hydrogens (tertiary/aromatic N) is 2. The van der Waals surface area contributed by atoms with E-state index in [1.807, 2.05) is 20.8 Å². The van der Waals surface area contributed by atoms with E-state index >= 15 is 0 Å². The number of rotatable bonds is 12. The number of hydrogen-bond acceptors (Lipinski definition) is 6. The molecule has 0 aliphatic heterocycles. The highest BCUT2D eigenvalue weighted by molar-refractivity contribution is 7.92. The molecule has 0 aliphatic rings. The lowest BCUT2D eigenvalue weighted by Gasteiger charge is -2.35. The van der Waals surface area contributed by atoms with Crippen molar-refractivity contribution in [1.29, 1.82) is 0 Å². The summed E-state index contributed by atoms with van der Waals surface area (Å²) in [5.41, 5.74) is 0.0198. The molecule has 0 saturated carbocycles. The van der Waals surface area contributed by atoms with E-state index in [2.05, 4.69) is 5.32 Å². The van der Waals surface area contributed by atoms with E-state index in [1.54, 1.807) is 49.4 Å². The van der Waals surface area contributed by atoms with Crippen LogP contribution < -0.4 is 19.1 Å². The van der Waals surface area contributed by atoms with Gasteiger partial charge in [0, 0.05) is 33.8 Å². The molecule has 0 radical (unpaired) electrons. The highest BCUT2D eigenvalue weighted by Crippen LogP contribution is 2.34. The SMILES string of the molecule is CCC(C(=O)NC(C)(C)C)N(Cc1c(Cl)cccc1Cl)C(=O)CN(c1ccc(OC)c(OC)c1)S(=O)(=O)c1ccccc1. The van der Waals surface area contributed by atoms with Gasteiger partial charge in [-0.1, -0.05) is 54.4 Å². The van der Waals surface area contributed by atoms with Gasteiger partial charge in [-0.15, -0.1) is 0 Å². The molecule has 0 fully saturated rings. The van der Waals surface area contributed by atoms with E-state index in [9.17, 15) is 18.0 Å². The van der Waals surface area contributed by atoms with Crippen molar-refractivity contribution in [2.45, 2.75) is 57.1 Å². The molecule has 1 unspecified atom stereocenters. The van der Waals surface area contributed by atoms with Crippen LogP contribution in [0, 0.1) is 0 Å². The van der Waals surface area contributed by atoms with Crippen molar-refractivity contribution >= 4 is 50.7 Å². The van der Waals surface area contributed by atoms with Gasteiger partial charge >= 0.3 is 0 Å². The molecule has 0 heterocycles. The van der Waals surface area contributed by atoms with E-state index in [-0.39, 0.29) is 29.3 Å². The average Bonchev–Trinajstić information content (AvgIpc) is 2.96. The highest BCUT2D eigenvalue weighted by Gasteiger charge is 2.35. The van der Waals surface area contributed by atoms with Crippen molar-refractivity contribution < 1.29 is 27.5 Å². The second-order valence-electron chi connectivity index (χ2n) is 10.7. The number of anilines is 1. The van der Waals surface area contributed by atoms with Crippen molar-refractivity contribution in [3.63, 3.8) is 0 Å². The van der Waals surface area contributed by atoms with Crippen LogP contribution in [0.3, 0.4) is 0 Å². The molecule has 0 saturated heterocycles. The van der Waals surface area contributed by atoms with E-state index < -0.39 is 40.0 Å². The van der Waals surface area contributed by atoms with Gasteiger partial charge in [0.2, 0.25) is 11.8 Å². The van der Waals surface area contributed by atoms with Gasteiger partial charge in [-0.3, -0.25) is 13.9 Å². The first-order chi connectivity index (χ1) is 20.2. The van der Waals surface area contributed by atoms with Crippen LogP contribution in [0.25, 0.3) is 0 Å². The number of halogens is 2. The van der Waals surface area contributed by atoms with Gasteiger partial charge in [-0.2, -0.15) is 0 Å². The minimum absolute atomic E-state index is 0.0178. The van der Waals surface area contributed by atoms with Crippen LogP contribution in [0.5, 0.6) is 11.5 Å². The third-order valence-corrected chi connectivity index (χ3v) is 9.04. The highest BCUT2D eigenvalue weighted by atomic mass is 35.5. The Balaban J connectivity index is 2.16. The molecule has 232 valence electrons. The maximum atomic E-state index is 14.3. The smallest absolute Gasteiger partial charge is 0.264 e. The monoisotopic (exact) mass is 649 g/mol. The van der Waals surface area contributed by atoms with Crippen LogP contribution in [0.1, 0.15) is 39.7 Å².